The van der Waals surface area contributed by atoms with Crippen LogP contribution in [0.3, 0.4) is 0 Å². The summed E-state index contributed by atoms with van der Waals surface area (Å²) in [6.45, 7) is 9.14. The van der Waals surface area contributed by atoms with E-state index in [0.29, 0.717) is 17.3 Å². The van der Waals surface area contributed by atoms with Crippen LogP contribution in [0.4, 0.5) is 0 Å². The summed E-state index contributed by atoms with van der Waals surface area (Å²) in [5.74, 6) is 1.15. The first-order chi connectivity index (χ1) is 7.39. The van der Waals surface area contributed by atoms with E-state index in [2.05, 4.69) is 33.8 Å². The Labute approximate surface area is 99.9 Å². The molecule has 16 heavy (non-hydrogen) atoms. The molecule has 0 bridgehead atoms. The Kier molecular flexibility index (Phi) is 2.94. The third-order valence-corrected chi connectivity index (χ3v) is 5.22. The maximum Gasteiger partial charge on any atom is 0.0707 e. The molecular formula is C15H26O. The summed E-state index contributed by atoms with van der Waals surface area (Å²) in [5.41, 5.74) is 1.54. The molecule has 2 aliphatic rings. The average Bonchev–Trinajstić information content (AvgIpc) is 2.21. The monoisotopic (exact) mass is 222 g/mol. The highest BCUT2D eigenvalue weighted by Gasteiger charge is 2.46. The number of aliphatic hydroxyl groups is 1. The molecule has 0 amide bonds. The Balaban J connectivity index is 2.26. The molecule has 0 radical (unpaired) electrons. The molecule has 2 rings (SSSR count). The van der Waals surface area contributed by atoms with Crippen molar-refractivity contribution in [2.75, 3.05) is 0 Å². The van der Waals surface area contributed by atoms with Crippen LogP contribution in [0.1, 0.15) is 59.8 Å². The first-order valence-electron chi connectivity index (χ1n) is 6.80. The van der Waals surface area contributed by atoms with Gasteiger partial charge in [-0.05, 0) is 49.4 Å². The fourth-order valence-electron chi connectivity index (χ4n) is 3.69. The van der Waals surface area contributed by atoms with Crippen molar-refractivity contribution < 1.29 is 5.11 Å². The summed E-state index contributed by atoms with van der Waals surface area (Å²) in [6, 6.07) is 0. The fraction of sp³-hybridized carbons (Fsp3) is 0.867. The molecule has 0 aromatic rings. The minimum atomic E-state index is -0.435. The Hall–Kier alpha value is -0.300. The van der Waals surface area contributed by atoms with Crippen LogP contribution in [0, 0.1) is 17.3 Å². The molecule has 3 unspecified atom stereocenters. The quantitative estimate of drug-likeness (QED) is 0.667. The molecule has 0 aromatic carbocycles. The fourth-order valence-corrected chi connectivity index (χ4v) is 3.69. The zero-order chi connectivity index (χ0) is 12.0. The summed E-state index contributed by atoms with van der Waals surface area (Å²) in [7, 11) is 0. The minimum absolute atomic E-state index is 0.435. The number of fused-ring (bicyclic) bond motifs is 1. The molecule has 2 aliphatic carbocycles. The Morgan fingerprint density at radius 3 is 2.75 bits per heavy atom. The third kappa shape index (κ3) is 1.84. The lowest BCUT2D eigenvalue weighted by atomic mass is 9.57. The minimum Gasteiger partial charge on any atom is -0.389 e. The highest BCUT2D eigenvalue weighted by Crippen LogP contribution is 2.52. The smallest absolute Gasteiger partial charge is 0.0707 e. The second-order valence-electron chi connectivity index (χ2n) is 6.63. The van der Waals surface area contributed by atoms with Crippen LogP contribution in [-0.4, -0.2) is 10.7 Å². The molecule has 92 valence electrons. The second kappa shape index (κ2) is 3.87. The first kappa shape index (κ1) is 12.2. The summed E-state index contributed by atoms with van der Waals surface area (Å²) in [5, 5.41) is 10.6. The van der Waals surface area contributed by atoms with E-state index >= 15 is 0 Å². The summed E-state index contributed by atoms with van der Waals surface area (Å²) < 4.78 is 0. The Morgan fingerprint density at radius 1 is 1.44 bits per heavy atom. The van der Waals surface area contributed by atoms with Crippen LogP contribution in [0.2, 0.25) is 0 Å². The summed E-state index contributed by atoms with van der Waals surface area (Å²) in [6.07, 6.45) is 7.88. The van der Waals surface area contributed by atoms with Crippen molar-refractivity contribution >= 4 is 0 Å². The largest absolute Gasteiger partial charge is 0.389 e. The maximum atomic E-state index is 10.6. The number of hydrogen-bond donors (Lipinski definition) is 1. The van der Waals surface area contributed by atoms with E-state index in [1.165, 1.54) is 19.3 Å². The van der Waals surface area contributed by atoms with Crippen molar-refractivity contribution in [3.63, 3.8) is 0 Å². The SMILES string of the molecule is CCC1(O)CC2=CCCC(C)(C)C2CC1C. The van der Waals surface area contributed by atoms with E-state index in [4.69, 9.17) is 0 Å². The predicted octanol–water partition coefficient (Wildman–Crippen LogP) is 3.92. The van der Waals surface area contributed by atoms with Gasteiger partial charge in [0.05, 0.1) is 5.60 Å². The normalized spacial score (nSPS) is 42.4. The highest BCUT2D eigenvalue weighted by molar-refractivity contribution is 5.21. The van der Waals surface area contributed by atoms with Gasteiger partial charge in [0.1, 0.15) is 0 Å². The van der Waals surface area contributed by atoms with Crippen molar-refractivity contribution in [1.29, 1.82) is 0 Å². The predicted molar refractivity (Wildman–Crippen MR) is 68.2 cm³/mol. The second-order valence-corrected chi connectivity index (χ2v) is 6.63. The van der Waals surface area contributed by atoms with Crippen LogP contribution >= 0.6 is 0 Å². The Bertz CT molecular complexity index is 303. The molecule has 1 nitrogen and oxygen atoms in total. The van der Waals surface area contributed by atoms with Crippen LogP contribution in [0.5, 0.6) is 0 Å². The van der Waals surface area contributed by atoms with Gasteiger partial charge in [-0.25, -0.2) is 0 Å². The molecule has 1 heteroatoms. The van der Waals surface area contributed by atoms with Crippen molar-refractivity contribution in [3.8, 4) is 0 Å². The zero-order valence-corrected chi connectivity index (χ0v) is 11.2. The van der Waals surface area contributed by atoms with Crippen molar-refractivity contribution in [1.82, 2.24) is 0 Å². The van der Waals surface area contributed by atoms with Gasteiger partial charge in [-0.2, -0.15) is 0 Å². The molecule has 1 saturated carbocycles. The van der Waals surface area contributed by atoms with E-state index in [1.807, 2.05) is 0 Å². The third-order valence-electron chi connectivity index (χ3n) is 5.22. The maximum absolute atomic E-state index is 10.6. The van der Waals surface area contributed by atoms with E-state index in [-0.39, 0.29) is 0 Å². The van der Waals surface area contributed by atoms with Gasteiger partial charge < -0.3 is 5.11 Å². The lowest BCUT2D eigenvalue weighted by molar-refractivity contribution is -0.0530. The van der Waals surface area contributed by atoms with E-state index in [9.17, 15) is 5.11 Å². The van der Waals surface area contributed by atoms with Crippen LogP contribution in [-0.2, 0) is 0 Å². The average molecular weight is 222 g/mol. The summed E-state index contributed by atoms with van der Waals surface area (Å²) >= 11 is 0. The molecule has 1 fully saturated rings. The van der Waals surface area contributed by atoms with E-state index in [1.54, 1.807) is 5.57 Å². The van der Waals surface area contributed by atoms with Crippen molar-refractivity contribution in [2.45, 2.75) is 65.4 Å². The standard InChI is InChI=1S/C15H26O/c1-5-15(16)10-12-7-6-8-14(3,4)13(12)9-11(15)2/h7,11,13,16H,5-6,8-10H2,1-4H3. The van der Waals surface area contributed by atoms with Crippen LogP contribution < -0.4 is 0 Å². The van der Waals surface area contributed by atoms with E-state index < -0.39 is 5.60 Å². The molecule has 0 aromatic heterocycles. The number of rotatable bonds is 1. The van der Waals surface area contributed by atoms with Gasteiger partial charge in [-0.3, -0.25) is 0 Å². The molecule has 0 spiro atoms. The highest BCUT2D eigenvalue weighted by atomic mass is 16.3. The van der Waals surface area contributed by atoms with Gasteiger partial charge in [0.25, 0.3) is 0 Å². The van der Waals surface area contributed by atoms with E-state index in [0.717, 1.165) is 12.8 Å². The van der Waals surface area contributed by atoms with Crippen molar-refractivity contribution in [3.05, 3.63) is 11.6 Å². The molecule has 0 aliphatic heterocycles. The van der Waals surface area contributed by atoms with Crippen LogP contribution in [0.15, 0.2) is 11.6 Å². The van der Waals surface area contributed by atoms with Gasteiger partial charge in [-0.1, -0.05) is 39.3 Å². The van der Waals surface area contributed by atoms with Gasteiger partial charge in [-0.15, -0.1) is 0 Å². The molecule has 0 heterocycles. The van der Waals surface area contributed by atoms with Gasteiger partial charge in [0.2, 0.25) is 0 Å². The molecule has 1 N–H and O–H groups in total. The molecule has 3 atom stereocenters. The summed E-state index contributed by atoms with van der Waals surface area (Å²) in [4.78, 5) is 0. The van der Waals surface area contributed by atoms with Gasteiger partial charge >= 0.3 is 0 Å². The lowest BCUT2D eigenvalue weighted by Gasteiger charge is -2.50. The van der Waals surface area contributed by atoms with Crippen LogP contribution in [0.25, 0.3) is 0 Å². The molecular weight excluding hydrogens is 196 g/mol. The Morgan fingerprint density at radius 2 is 2.12 bits per heavy atom. The zero-order valence-electron chi connectivity index (χ0n) is 11.2. The van der Waals surface area contributed by atoms with Gasteiger partial charge in [0.15, 0.2) is 0 Å². The topological polar surface area (TPSA) is 20.2 Å². The lowest BCUT2D eigenvalue weighted by Crippen LogP contribution is -2.46. The van der Waals surface area contributed by atoms with Gasteiger partial charge in [0, 0.05) is 0 Å². The van der Waals surface area contributed by atoms with Crippen molar-refractivity contribution in [2.24, 2.45) is 17.3 Å². The number of hydrogen-bond acceptors (Lipinski definition) is 1. The first-order valence-corrected chi connectivity index (χ1v) is 6.80. The molecule has 0 saturated heterocycles. The number of allylic oxidation sites excluding steroid dienone is 1.